The van der Waals surface area contributed by atoms with Gasteiger partial charge < -0.3 is 15.7 Å². The summed E-state index contributed by atoms with van der Waals surface area (Å²) in [6.45, 7) is 2.83. The van der Waals surface area contributed by atoms with E-state index in [1.165, 1.54) is 12.1 Å². The number of nitrogens with zero attached hydrogens (tertiary/aromatic N) is 1. The lowest BCUT2D eigenvalue weighted by atomic mass is 10.0. The molecule has 98 valence electrons. The average Bonchev–Trinajstić information content (AvgIpc) is 2.33. The van der Waals surface area contributed by atoms with Gasteiger partial charge in [-0.05, 0) is 38.3 Å². The van der Waals surface area contributed by atoms with Gasteiger partial charge in [-0.15, -0.1) is 0 Å². The van der Waals surface area contributed by atoms with Crippen LogP contribution in [-0.2, 0) is 0 Å². The molecule has 0 aliphatic carbocycles. The molecule has 0 spiro atoms. The zero-order valence-corrected chi connectivity index (χ0v) is 10.3. The summed E-state index contributed by atoms with van der Waals surface area (Å²) in [5.74, 6) is -1.86. The number of carboxylic acids is 1. The number of aromatic carboxylic acids is 1. The average molecular weight is 252 g/mol. The molecule has 2 rings (SSSR count). The molecule has 4 nitrogen and oxygen atoms in total. The van der Waals surface area contributed by atoms with Gasteiger partial charge in [-0.1, -0.05) is 0 Å². The predicted octanol–water partition coefficient (Wildman–Crippen LogP) is 2.48. The van der Waals surface area contributed by atoms with Crippen LogP contribution in [-0.4, -0.2) is 23.7 Å². The second-order valence-corrected chi connectivity index (χ2v) is 4.70. The van der Waals surface area contributed by atoms with Gasteiger partial charge in [-0.3, -0.25) is 0 Å². The molecule has 1 fully saturated rings. The second-order valence-electron chi connectivity index (χ2n) is 4.70. The van der Waals surface area contributed by atoms with E-state index in [4.69, 9.17) is 5.73 Å². The molecular weight excluding hydrogens is 235 g/mol. The Morgan fingerprint density at radius 1 is 1.50 bits per heavy atom. The number of anilines is 2. The Bertz CT molecular complexity index is 476. The van der Waals surface area contributed by atoms with Gasteiger partial charge in [-0.2, -0.15) is 0 Å². The lowest BCUT2D eigenvalue weighted by Crippen LogP contribution is -2.38. The number of nitrogens with two attached hydrogens (primary N) is 1. The van der Waals surface area contributed by atoms with Gasteiger partial charge in [0.15, 0.2) is 0 Å². The molecule has 5 heteroatoms. The van der Waals surface area contributed by atoms with Crippen LogP contribution in [0.5, 0.6) is 0 Å². The fraction of sp³-hybridized carbons (Fsp3) is 0.462. The van der Waals surface area contributed by atoms with E-state index >= 15 is 0 Å². The highest BCUT2D eigenvalue weighted by Gasteiger charge is 2.25. The van der Waals surface area contributed by atoms with Gasteiger partial charge in [-0.25, -0.2) is 9.18 Å². The summed E-state index contributed by atoms with van der Waals surface area (Å²) < 4.78 is 13.4. The molecule has 0 amide bonds. The molecule has 1 heterocycles. The molecule has 1 aliphatic rings. The highest BCUT2D eigenvalue weighted by molar-refractivity contribution is 6.00. The van der Waals surface area contributed by atoms with Crippen LogP contribution in [0.3, 0.4) is 0 Å². The monoisotopic (exact) mass is 252 g/mol. The van der Waals surface area contributed by atoms with E-state index in [0.717, 1.165) is 25.8 Å². The van der Waals surface area contributed by atoms with Gasteiger partial charge in [0.25, 0.3) is 0 Å². The molecule has 1 saturated heterocycles. The minimum Gasteiger partial charge on any atom is -0.478 e. The van der Waals surface area contributed by atoms with Gasteiger partial charge in [0.1, 0.15) is 11.4 Å². The Hall–Kier alpha value is -1.78. The number of carboxylic acid groups (broad SMARTS) is 1. The quantitative estimate of drug-likeness (QED) is 0.793. The summed E-state index contributed by atoms with van der Waals surface area (Å²) in [5, 5.41) is 9.21. The number of hydrogen-bond donors (Lipinski definition) is 2. The smallest absolute Gasteiger partial charge is 0.340 e. The third-order valence-corrected chi connectivity index (χ3v) is 3.50. The van der Waals surface area contributed by atoms with Crippen molar-refractivity contribution in [2.24, 2.45) is 0 Å². The SMILES string of the molecule is CC1CCCCN1c1ccc(F)c(N)c1C(=O)O. The number of rotatable bonds is 2. The Balaban J connectivity index is 2.49. The first-order valence-corrected chi connectivity index (χ1v) is 6.10. The lowest BCUT2D eigenvalue weighted by Gasteiger charge is -2.36. The Morgan fingerprint density at radius 2 is 2.22 bits per heavy atom. The predicted molar refractivity (Wildman–Crippen MR) is 68.4 cm³/mol. The van der Waals surface area contributed by atoms with E-state index in [0.29, 0.717) is 5.69 Å². The van der Waals surface area contributed by atoms with Crippen molar-refractivity contribution in [2.75, 3.05) is 17.2 Å². The van der Waals surface area contributed by atoms with Crippen LogP contribution >= 0.6 is 0 Å². The van der Waals surface area contributed by atoms with Crippen molar-refractivity contribution in [3.8, 4) is 0 Å². The van der Waals surface area contributed by atoms with Crippen molar-refractivity contribution in [3.05, 3.63) is 23.5 Å². The number of halogens is 1. The maximum Gasteiger partial charge on any atom is 0.340 e. The van der Waals surface area contributed by atoms with Crippen LogP contribution in [0.1, 0.15) is 36.5 Å². The zero-order chi connectivity index (χ0) is 13.3. The molecule has 1 unspecified atom stereocenters. The number of nitrogen functional groups attached to an aromatic ring is 1. The second kappa shape index (κ2) is 4.84. The fourth-order valence-corrected chi connectivity index (χ4v) is 2.50. The summed E-state index contributed by atoms with van der Waals surface area (Å²) in [7, 11) is 0. The highest BCUT2D eigenvalue weighted by atomic mass is 19.1. The van der Waals surface area contributed by atoms with Crippen LogP contribution in [0.15, 0.2) is 12.1 Å². The van der Waals surface area contributed by atoms with E-state index in [1.54, 1.807) is 0 Å². The minimum atomic E-state index is -1.18. The summed E-state index contributed by atoms with van der Waals surface area (Å²) in [5.41, 5.74) is 5.67. The molecule has 1 atom stereocenters. The first-order chi connectivity index (χ1) is 8.52. The maximum atomic E-state index is 13.4. The molecule has 0 bridgehead atoms. The Morgan fingerprint density at radius 3 is 2.83 bits per heavy atom. The van der Waals surface area contributed by atoms with Crippen molar-refractivity contribution in [2.45, 2.75) is 32.2 Å². The first-order valence-electron chi connectivity index (χ1n) is 6.10. The van der Waals surface area contributed by atoms with Gasteiger partial charge in [0.2, 0.25) is 0 Å². The maximum absolute atomic E-state index is 13.4. The van der Waals surface area contributed by atoms with Crippen molar-refractivity contribution < 1.29 is 14.3 Å². The third-order valence-electron chi connectivity index (χ3n) is 3.50. The lowest BCUT2D eigenvalue weighted by molar-refractivity contribution is 0.0698. The number of benzene rings is 1. The number of hydrogen-bond acceptors (Lipinski definition) is 3. The van der Waals surface area contributed by atoms with Gasteiger partial charge in [0.05, 0.1) is 11.4 Å². The van der Waals surface area contributed by atoms with Crippen molar-refractivity contribution in [1.82, 2.24) is 0 Å². The standard InChI is InChI=1S/C13H17FN2O2/c1-8-4-2-3-7-16(8)10-6-5-9(14)12(15)11(10)13(17)18/h5-6,8H,2-4,7,15H2,1H3,(H,17,18). The molecule has 1 aromatic carbocycles. The molecule has 0 saturated carbocycles. The Kier molecular flexibility index (Phi) is 3.41. The molecule has 0 aromatic heterocycles. The van der Waals surface area contributed by atoms with E-state index in [1.807, 2.05) is 11.8 Å². The summed E-state index contributed by atoms with van der Waals surface area (Å²) >= 11 is 0. The molecule has 1 aromatic rings. The van der Waals surface area contributed by atoms with E-state index in [2.05, 4.69) is 0 Å². The van der Waals surface area contributed by atoms with Crippen molar-refractivity contribution >= 4 is 17.3 Å². The van der Waals surface area contributed by atoms with Crippen LogP contribution < -0.4 is 10.6 Å². The molecular formula is C13H17FN2O2. The third kappa shape index (κ3) is 2.12. The number of piperidine rings is 1. The molecule has 18 heavy (non-hydrogen) atoms. The summed E-state index contributed by atoms with van der Waals surface area (Å²) in [6.07, 6.45) is 3.16. The first kappa shape index (κ1) is 12.7. The van der Waals surface area contributed by atoms with E-state index < -0.39 is 11.8 Å². The number of carbonyl (C=O) groups is 1. The highest BCUT2D eigenvalue weighted by Crippen LogP contribution is 2.32. The largest absolute Gasteiger partial charge is 0.478 e. The molecule has 0 radical (unpaired) electrons. The molecule has 3 N–H and O–H groups in total. The Labute approximate surface area is 105 Å². The van der Waals surface area contributed by atoms with Crippen LogP contribution in [0.4, 0.5) is 15.8 Å². The van der Waals surface area contributed by atoms with Crippen LogP contribution in [0, 0.1) is 5.82 Å². The summed E-state index contributed by atoms with van der Waals surface area (Å²) in [6, 6.07) is 3.00. The van der Waals surface area contributed by atoms with Crippen molar-refractivity contribution in [1.29, 1.82) is 0 Å². The topological polar surface area (TPSA) is 66.6 Å². The van der Waals surface area contributed by atoms with Crippen LogP contribution in [0.2, 0.25) is 0 Å². The fourth-order valence-electron chi connectivity index (χ4n) is 2.50. The normalized spacial score (nSPS) is 19.9. The molecule has 1 aliphatic heterocycles. The van der Waals surface area contributed by atoms with E-state index in [-0.39, 0.29) is 17.3 Å². The van der Waals surface area contributed by atoms with Crippen molar-refractivity contribution in [3.63, 3.8) is 0 Å². The van der Waals surface area contributed by atoms with Gasteiger partial charge in [0, 0.05) is 12.6 Å². The van der Waals surface area contributed by atoms with E-state index in [9.17, 15) is 14.3 Å². The zero-order valence-electron chi connectivity index (χ0n) is 10.3. The van der Waals surface area contributed by atoms with Crippen LogP contribution in [0.25, 0.3) is 0 Å². The minimum absolute atomic E-state index is 0.122. The summed E-state index contributed by atoms with van der Waals surface area (Å²) in [4.78, 5) is 13.3. The van der Waals surface area contributed by atoms with Gasteiger partial charge >= 0.3 is 5.97 Å².